The van der Waals surface area contributed by atoms with Crippen molar-refractivity contribution in [2.75, 3.05) is 11.6 Å². The molecule has 6 nitrogen and oxygen atoms in total. The Morgan fingerprint density at radius 1 is 1.00 bits per heavy atom. The third-order valence-corrected chi connectivity index (χ3v) is 5.16. The zero-order valence-corrected chi connectivity index (χ0v) is 16.5. The number of sulfone groups is 1. The molecule has 3 rings (SSSR count). The molecule has 0 bridgehead atoms. The van der Waals surface area contributed by atoms with Gasteiger partial charge >= 0.3 is 0 Å². The maximum absolute atomic E-state index is 12.7. The predicted octanol–water partition coefficient (Wildman–Crippen LogP) is 3.45. The average Bonchev–Trinajstić information content (AvgIpc) is 2.93. The highest BCUT2D eigenvalue weighted by molar-refractivity contribution is 7.90. The molecule has 0 aliphatic heterocycles. The van der Waals surface area contributed by atoms with Gasteiger partial charge in [0, 0.05) is 17.9 Å². The fourth-order valence-corrected chi connectivity index (χ4v) is 3.58. The summed E-state index contributed by atoms with van der Waals surface area (Å²) in [5.41, 5.74) is 4.06. The normalized spacial score (nSPS) is 11.4. The molecule has 27 heavy (non-hydrogen) atoms. The minimum atomic E-state index is -3.39. The minimum absolute atomic E-state index is 0.106. The molecule has 0 atom stereocenters. The molecule has 1 N–H and O–H groups in total. The molecule has 2 aromatic carbocycles. The Morgan fingerprint density at radius 2 is 1.67 bits per heavy atom. The van der Waals surface area contributed by atoms with Crippen LogP contribution in [0.15, 0.2) is 53.4 Å². The van der Waals surface area contributed by atoms with Crippen LogP contribution < -0.4 is 5.32 Å². The van der Waals surface area contributed by atoms with E-state index in [0.717, 1.165) is 28.8 Å². The van der Waals surface area contributed by atoms with Crippen molar-refractivity contribution in [1.82, 2.24) is 9.78 Å². The van der Waals surface area contributed by atoms with Crippen LogP contribution in [0, 0.1) is 20.8 Å². The number of rotatable bonds is 4. The van der Waals surface area contributed by atoms with Crippen molar-refractivity contribution in [3.05, 3.63) is 70.9 Å². The second kappa shape index (κ2) is 7.00. The number of carbonyl (C=O) groups is 1. The molecule has 1 aromatic heterocycles. The van der Waals surface area contributed by atoms with Gasteiger partial charge in [0.25, 0.3) is 5.91 Å². The largest absolute Gasteiger partial charge is 0.306 e. The first kappa shape index (κ1) is 18.8. The Bertz CT molecular complexity index is 1110. The fourth-order valence-electron chi connectivity index (χ4n) is 2.91. The van der Waals surface area contributed by atoms with E-state index in [-0.39, 0.29) is 10.5 Å². The van der Waals surface area contributed by atoms with Crippen LogP contribution in [0.2, 0.25) is 0 Å². The van der Waals surface area contributed by atoms with Crippen molar-refractivity contribution in [1.29, 1.82) is 0 Å². The lowest BCUT2D eigenvalue weighted by Gasteiger charge is -2.11. The van der Waals surface area contributed by atoms with Crippen LogP contribution in [0.5, 0.6) is 0 Å². The Labute approximate surface area is 158 Å². The molecule has 140 valence electrons. The van der Waals surface area contributed by atoms with Gasteiger partial charge in [0.2, 0.25) is 0 Å². The van der Waals surface area contributed by atoms with Crippen molar-refractivity contribution in [2.45, 2.75) is 25.7 Å². The summed E-state index contributed by atoms with van der Waals surface area (Å²) in [6, 6.07) is 13.8. The topological polar surface area (TPSA) is 81.1 Å². The van der Waals surface area contributed by atoms with E-state index in [1.54, 1.807) is 22.9 Å². The van der Waals surface area contributed by atoms with Gasteiger partial charge in [-0.25, -0.2) is 13.1 Å². The first-order chi connectivity index (χ1) is 12.6. The van der Waals surface area contributed by atoms with Gasteiger partial charge in [-0.1, -0.05) is 12.1 Å². The molecule has 0 aliphatic rings. The summed E-state index contributed by atoms with van der Waals surface area (Å²) < 4.78 is 25.1. The van der Waals surface area contributed by atoms with Gasteiger partial charge in [-0.15, -0.1) is 0 Å². The van der Waals surface area contributed by atoms with E-state index in [1.807, 2.05) is 32.9 Å². The van der Waals surface area contributed by atoms with E-state index in [4.69, 9.17) is 0 Å². The maximum atomic E-state index is 12.7. The highest BCUT2D eigenvalue weighted by Gasteiger charge is 2.15. The Balaban J connectivity index is 1.96. The number of anilines is 1. The number of amides is 1. The van der Waals surface area contributed by atoms with Gasteiger partial charge in [0.05, 0.1) is 16.3 Å². The monoisotopic (exact) mass is 383 g/mol. The first-order valence-electron chi connectivity index (χ1n) is 8.40. The Morgan fingerprint density at radius 3 is 2.30 bits per heavy atom. The SMILES string of the molecule is Cc1cc(C)cc(-n2nc(C)cc2NC(=O)c2cccc(S(C)(=O)=O)c2)c1. The predicted molar refractivity (Wildman–Crippen MR) is 105 cm³/mol. The number of benzene rings is 2. The van der Waals surface area contributed by atoms with Crippen LogP contribution in [-0.4, -0.2) is 30.4 Å². The van der Waals surface area contributed by atoms with Gasteiger partial charge < -0.3 is 5.32 Å². The zero-order chi connectivity index (χ0) is 19.8. The van der Waals surface area contributed by atoms with Gasteiger partial charge in [0.1, 0.15) is 5.82 Å². The molecule has 7 heteroatoms. The third-order valence-electron chi connectivity index (χ3n) is 4.05. The second-order valence-electron chi connectivity index (χ2n) is 6.68. The van der Waals surface area contributed by atoms with Gasteiger partial charge in [0.15, 0.2) is 9.84 Å². The van der Waals surface area contributed by atoms with E-state index in [9.17, 15) is 13.2 Å². The lowest BCUT2D eigenvalue weighted by atomic mass is 10.1. The van der Waals surface area contributed by atoms with Crippen molar-refractivity contribution in [3.63, 3.8) is 0 Å². The zero-order valence-electron chi connectivity index (χ0n) is 15.6. The molecular weight excluding hydrogens is 362 g/mol. The summed E-state index contributed by atoms with van der Waals surface area (Å²) in [5, 5.41) is 7.30. The summed E-state index contributed by atoms with van der Waals surface area (Å²) in [6.45, 7) is 5.85. The quantitative estimate of drug-likeness (QED) is 0.748. The summed E-state index contributed by atoms with van der Waals surface area (Å²) in [5.74, 6) is 0.123. The van der Waals surface area contributed by atoms with Crippen molar-refractivity contribution < 1.29 is 13.2 Å². The molecule has 0 saturated heterocycles. The summed E-state index contributed by atoms with van der Waals surface area (Å²) >= 11 is 0. The van der Waals surface area contributed by atoms with Crippen LogP contribution in [0.3, 0.4) is 0 Å². The Kier molecular flexibility index (Phi) is 4.89. The second-order valence-corrected chi connectivity index (χ2v) is 8.70. The summed E-state index contributed by atoms with van der Waals surface area (Å²) in [6.07, 6.45) is 1.11. The Hall–Kier alpha value is -2.93. The number of hydrogen-bond donors (Lipinski definition) is 1. The van der Waals surface area contributed by atoms with E-state index < -0.39 is 15.7 Å². The smallest absolute Gasteiger partial charge is 0.256 e. The van der Waals surface area contributed by atoms with Gasteiger partial charge in [-0.2, -0.15) is 5.10 Å². The van der Waals surface area contributed by atoms with Gasteiger partial charge in [-0.05, 0) is 62.2 Å². The highest BCUT2D eigenvalue weighted by atomic mass is 32.2. The molecule has 3 aromatic rings. The molecule has 0 radical (unpaired) electrons. The lowest BCUT2D eigenvalue weighted by Crippen LogP contribution is -2.15. The van der Waals surface area contributed by atoms with Crippen molar-refractivity contribution >= 4 is 21.6 Å². The number of nitrogens with one attached hydrogen (secondary N) is 1. The molecule has 0 aliphatic carbocycles. The molecule has 1 amide bonds. The highest BCUT2D eigenvalue weighted by Crippen LogP contribution is 2.21. The third kappa shape index (κ3) is 4.25. The van der Waals surface area contributed by atoms with Crippen LogP contribution in [0.4, 0.5) is 5.82 Å². The van der Waals surface area contributed by atoms with E-state index in [2.05, 4.69) is 16.5 Å². The summed E-state index contributed by atoms with van der Waals surface area (Å²) in [7, 11) is -3.39. The standard InChI is InChI=1S/C20H21N3O3S/c1-13-8-14(2)10-17(9-13)23-19(11-15(3)22-23)21-20(24)16-6-5-7-18(12-16)27(4,25)26/h5-12H,1-4H3,(H,21,24). The maximum Gasteiger partial charge on any atom is 0.256 e. The summed E-state index contributed by atoms with van der Waals surface area (Å²) in [4.78, 5) is 12.8. The number of hydrogen-bond acceptors (Lipinski definition) is 4. The lowest BCUT2D eigenvalue weighted by molar-refractivity contribution is 0.102. The number of aromatic nitrogens is 2. The first-order valence-corrected chi connectivity index (χ1v) is 10.3. The van der Waals surface area contributed by atoms with Gasteiger partial charge in [-0.3, -0.25) is 4.79 Å². The molecule has 0 spiro atoms. The molecule has 0 unspecified atom stereocenters. The number of nitrogens with zero attached hydrogens (tertiary/aromatic N) is 2. The van der Waals surface area contributed by atoms with Crippen molar-refractivity contribution in [2.24, 2.45) is 0 Å². The molecular formula is C20H21N3O3S. The van der Waals surface area contributed by atoms with Crippen LogP contribution in [-0.2, 0) is 9.84 Å². The van der Waals surface area contributed by atoms with E-state index >= 15 is 0 Å². The van der Waals surface area contributed by atoms with E-state index in [1.165, 1.54) is 12.1 Å². The molecule has 0 saturated carbocycles. The van der Waals surface area contributed by atoms with Crippen LogP contribution in [0.1, 0.15) is 27.2 Å². The fraction of sp³-hybridized carbons (Fsp3) is 0.200. The molecule has 0 fully saturated rings. The van der Waals surface area contributed by atoms with Crippen molar-refractivity contribution in [3.8, 4) is 5.69 Å². The van der Waals surface area contributed by atoms with Crippen LogP contribution >= 0.6 is 0 Å². The van der Waals surface area contributed by atoms with E-state index in [0.29, 0.717) is 5.82 Å². The van der Waals surface area contributed by atoms with Crippen LogP contribution in [0.25, 0.3) is 5.69 Å². The minimum Gasteiger partial charge on any atom is -0.306 e. The molecule has 1 heterocycles. The number of aryl methyl sites for hydroxylation is 3. The number of carbonyl (C=O) groups excluding carboxylic acids is 1. The average molecular weight is 383 g/mol.